The summed E-state index contributed by atoms with van der Waals surface area (Å²) in [7, 11) is 0. The molecule has 1 amide bonds. The number of carbonyl (C=O) groups excluding carboxylic acids is 1. The summed E-state index contributed by atoms with van der Waals surface area (Å²) in [6.45, 7) is 6.45. The zero-order valence-corrected chi connectivity index (χ0v) is 14.3. The van der Waals surface area contributed by atoms with Gasteiger partial charge in [0.05, 0.1) is 0 Å². The van der Waals surface area contributed by atoms with E-state index in [-0.39, 0.29) is 12.2 Å². The fraction of sp³-hybridized carbons (Fsp3) is 0.632. The van der Waals surface area contributed by atoms with E-state index in [1.807, 2.05) is 37.3 Å². The summed E-state index contributed by atoms with van der Waals surface area (Å²) in [4.78, 5) is 11.9. The average molecular weight is 305 g/mol. The molecule has 124 valence electrons. The number of anilines is 1. The highest BCUT2D eigenvalue weighted by molar-refractivity contribution is 5.84. The number of unbranched alkanes of at least 4 members (excludes halogenated alkanes) is 2. The van der Waals surface area contributed by atoms with E-state index in [0.29, 0.717) is 5.92 Å². The zero-order valence-electron chi connectivity index (χ0n) is 14.3. The predicted molar refractivity (Wildman–Crippen MR) is 93.2 cm³/mol. The molecule has 3 nitrogen and oxygen atoms in total. The lowest BCUT2D eigenvalue weighted by molar-refractivity contribution is 0.102. The van der Waals surface area contributed by atoms with Crippen molar-refractivity contribution >= 4 is 11.8 Å². The number of nitrogens with one attached hydrogen (secondary N) is 1. The molecule has 0 bridgehead atoms. The maximum absolute atomic E-state index is 11.9. The topological polar surface area (TPSA) is 38.3 Å². The third-order valence-electron chi connectivity index (χ3n) is 3.91. The Morgan fingerprint density at radius 3 is 2.45 bits per heavy atom. The Bertz CT molecular complexity index is 405. The number of amides is 1. The molecule has 1 aromatic rings. The molecule has 0 aromatic heterocycles. The number of benzene rings is 1. The van der Waals surface area contributed by atoms with Crippen LogP contribution < -0.4 is 5.32 Å². The van der Waals surface area contributed by atoms with Crippen molar-refractivity contribution in [3.05, 3.63) is 30.3 Å². The van der Waals surface area contributed by atoms with E-state index < -0.39 is 0 Å². The number of hydrogen-bond acceptors (Lipinski definition) is 2. The Balaban J connectivity index is 2.35. The minimum Gasteiger partial charge on any atom is -0.446 e. The number of hydrogen-bond donors (Lipinski definition) is 1. The summed E-state index contributed by atoms with van der Waals surface area (Å²) in [6.07, 6.45) is 8.05. The average Bonchev–Trinajstić information content (AvgIpc) is 2.48. The molecule has 0 aliphatic carbocycles. The van der Waals surface area contributed by atoms with Gasteiger partial charge >= 0.3 is 6.09 Å². The lowest BCUT2D eigenvalue weighted by Gasteiger charge is -2.21. The SMILES string of the molecule is CCCCCC(CCC)CC(C)OC(=O)Nc1ccccc1. The third-order valence-corrected chi connectivity index (χ3v) is 3.91. The largest absolute Gasteiger partial charge is 0.446 e. The van der Waals surface area contributed by atoms with Crippen LogP contribution in [0.15, 0.2) is 30.3 Å². The van der Waals surface area contributed by atoms with Crippen molar-refractivity contribution in [2.75, 3.05) is 5.32 Å². The highest BCUT2D eigenvalue weighted by Gasteiger charge is 2.16. The van der Waals surface area contributed by atoms with Crippen molar-refractivity contribution in [3.8, 4) is 0 Å². The number of para-hydroxylation sites is 1. The molecule has 22 heavy (non-hydrogen) atoms. The summed E-state index contributed by atoms with van der Waals surface area (Å²) >= 11 is 0. The van der Waals surface area contributed by atoms with Gasteiger partial charge in [-0.3, -0.25) is 5.32 Å². The van der Waals surface area contributed by atoms with E-state index in [9.17, 15) is 4.79 Å². The van der Waals surface area contributed by atoms with Crippen molar-refractivity contribution < 1.29 is 9.53 Å². The van der Waals surface area contributed by atoms with Crippen molar-refractivity contribution in [1.82, 2.24) is 0 Å². The van der Waals surface area contributed by atoms with Crippen molar-refractivity contribution in [3.63, 3.8) is 0 Å². The molecule has 0 spiro atoms. The van der Waals surface area contributed by atoms with Crippen LogP contribution in [0.25, 0.3) is 0 Å². The quantitative estimate of drug-likeness (QED) is 0.537. The van der Waals surface area contributed by atoms with Crippen LogP contribution in [0.2, 0.25) is 0 Å². The number of carbonyl (C=O) groups is 1. The van der Waals surface area contributed by atoms with Crippen LogP contribution in [0.3, 0.4) is 0 Å². The van der Waals surface area contributed by atoms with Gasteiger partial charge in [-0.1, -0.05) is 70.6 Å². The van der Waals surface area contributed by atoms with Gasteiger partial charge in [-0.25, -0.2) is 4.79 Å². The Hall–Kier alpha value is -1.51. The molecule has 0 radical (unpaired) electrons. The van der Waals surface area contributed by atoms with Crippen LogP contribution in [0, 0.1) is 5.92 Å². The second-order valence-electron chi connectivity index (χ2n) is 6.09. The normalized spacial score (nSPS) is 13.4. The summed E-state index contributed by atoms with van der Waals surface area (Å²) in [5, 5.41) is 2.77. The van der Waals surface area contributed by atoms with E-state index in [1.54, 1.807) is 0 Å². The van der Waals surface area contributed by atoms with Gasteiger partial charge in [0.1, 0.15) is 6.10 Å². The minimum absolute atomic E-state index is 0.0399. The van der Waals surface area contributed by atoms with Crippen LogP contribution in [-0.4, -0.2) is 12.2 Å². The lowest BCUT2D eigenvalue weighted by atomic mass is 9.91. The molecule has 0 saturated heterocycles. The summed E-state index contributed by atoms with van der Waals surface area (Å²) in [6, 6.07) is 9.42. The Kier molecular flexibility index (Phi) is 9.36. The fourth-order valence-corrected chi connectivity index (χ4v) is 2.84. The van der Waals surface area contributed by atoms with Crippen LogP contribution in [-0.2, 0) is 4.74 Å². The van der Waals surface area contributed by atoms with E-state index in [2.05, 4.69) is 19.2 Å². The highest BCUT2D eigenvalue weighted by Crippen LogP contribution is 2.22. The van der Waals surface area contributed by atoms with Gasteiger partial charge in [-0.15, -0.1) is 0 Å². The zero-order chi connectivity index (χ0) is 16.2. The molecule has 0 fully saturated rings. The van der Waals surface area contributed by atoms with E-state index in [4.69, 9.17) is 4.74 Å². The first-order chi connectivity index (χ1) is 10.7. The number of ether oxygens (including phenoxy) is 1. The first kappa shape index (κ1) is 18.5. The van der Waals surface area contributed by atoms with Crippen molar-refractivity contribution in [2.45, 2.75) is 71.8 Å². The lowest BCUT2D eigenvalue weighted by Crippen LogP contribution is -2.22. The third kappa shape index (κ3) is 8.06. The first-order valence-corrected chi connectivity index (χ1v) is 8.68. The summed E-state index contributed by atoms with van der Waals surface area (Å²) in [5.74, 6) is 0.663. The molecule has 1 N–H and O–H groups in total. The molecule has 0 aliphatic rings. The molecule has 1 rings (SSSR count). The van der Waals surface area contributed by atoms with Gasteiger partial charge in [-0.05, 0) is 31.4 Å². The first-order valence-electron chi connectivity index (χ1n) is 8.68. The molecular weight excluding hydrogens is 274 g/mol. The maximum atomic E-state index is 11.9. The van der Waals surface area contributed by atoms with Gasteiger partial charge in [0.2, 0.25) is 0 Å². The predicted octanol–water partition coefficient (Wildman–Crippen LogP) is 6.01. The van der Waals surface area contributed by atoms with E-state index in [0.717, 1.165) is 12.1 Å². The Labute approximate surface area is 135 Å². The second-order valence-corrected chi connectivity index (χ2v) is 6.09. The van der Waals surface area contributed by atoms with Crippen LogP contribution in [0.4, 0.5) is 10.5 Å². The molecule has 3 heteroatoms. The van der Waals surface area contributed by atoms with Crippen LogP contribution in [0.5, 0.6) is 0 Å². The van der Waals surface area contributed by atoms with E-state index >= 15 is 0 Å². The Morgan fingerprint density at radius 1 is 1.09 bits per heavy atom. The van der Waals surface area contributed by atoms with Crippen LogP contribution >= 0.6 is 0 Å². The molecule has 1 aromatic carbocycles. The fourth-order valence-electron chi connectivity index (χ4n) is 2.84. The standard InChI is InChI=1S/C19H31NO2/c1-4-6-8-12-17(11-5-2)15-16(3)22-19(21)20-18-13-9-7-10-14-18/h7,9-10,13-14,16-17H,4-6,8,11-12,15H2,1-3H3,(H,20,21). The molecule has 0 saturated carbocycles. The smallest absolute Gasteiger partial charge is 0.411 e. The summed E-state index contributed by atoms with van der Waals surface area (Å²) in [5.41, 5.74) is 0.771. The van der Waals surface area contributed by atoms with Crippen molar-refractivity contribution in [1.29, 1.82) is 0 Å². The highest BCUT2D eigenvalue weighted by atomic mass is 16.6. The van der Waals surface area contributed by atoms with Crippen LogP contribution in [0.1, 0.15) is 65.7 Å². The van der Waals surface area contributed by atoms with Gasteiger partial charge in [0, 0.05) is 5.69 Å². The van der Waals surface area contributed by atoms with Gasteiger partial charge in [0.25, 0.3) is 0 Å². The second kappa shape index (κ2) is 11.1. The van der Waals surface area contributed by atoms with E-state index in [1.165, 1.54) is 38.5 Å². The number of rotatable bonds is 10. The monoisotopic (exact) mass is 305 g/mol. The van der Waals surface area contributed by atoms with Gasteiger partial charge in [0.15, 0.2) is 0 Å². The minimum atomic E-state index is -0.359. The van der Waals surface area contributed by atoms with Gasteiger partial charge in [-0.2, -0.15) is 0 Å². The Morgan fingerprint density at radius 2 is 1.82 bits per heavy atom. The molecule has 0 heterocycles. The molecular formula is C19H31NO2. The molecule has 2 atom stereocenters. The maximum Gasteiger partial charge on any atom is 0.411 e. The summed E-state index contributed by atoms with van der Waals surface area (Å²) < 4.78 is 5.49. The van der Waals surface area contributed by atoms with Crippen molar-refractivity contribution in [2.24, 2.45) is 5.92 Å². The molecule has 0 aliphatic heterocycles. The van der Waals surface area contributed by atoms with Gasteiger partial charge < -0.3 is 4.74 Å². The molecule has 2 unspecified atom stereocenters.